The Labute approximate surface area is 65.0 Å². The summed E-state index contributed by atoms with van der Waals surface area (Å²) in [5.74, 6) is 0. The Morgan fingerprint density at radius 2 is 2.55 bits per heavy atom. The molecule has 0 saturated carbocycles. The van der Waals surface area contributed by atoms with E-state index in [0.717, 1.165) is 12.8 Å². The van der Waals surface area contributed by atoms with Crippen molar-refractivity contribution in [2.75, 3.05) is 6.54 Å². The van der Waals surface area contributed by atoms with Gasteiger partial charge in [-0.2, -0.15) is 5.26 Å². The third-order valence-electron chi connectivity index (χ3n) is 1.95. The molecule has 1 atom stereocenters. The number of nitrogens with zero attached hydrogens (tertiary/aromatic N) is 2. The molecule has 1 unspecified atom stereocenters. The predicted molar refractivity (Wildman–Crippen MR) is 38.0 cm³/mol. The highest BCUT2D eigenvalue weighted by atomic mass is 16.4. The van der Waals surface area contributed by atoms with Crippen molar-refractivity contribution in [2.45, 2.75) is 25.3 Å². The van der Waals surface area contributed by atoms with Crippen LogP contribution < -0.4 is 0 Å². The molecule has 0 aromatic heterocycles. The zero-order chi connectivity index (χ0) is 8.27. The maximum Gasteiger partial charge on any atom is 0.407 e. The third-order valence-corrected chi connectivity index (χ3v) is 1.95. The first-order valence-electron chi connectivity index (χ1n) is 3.62. The molecule has 0 bridgehead atoms. The predicted octanol–water partition coefficient (Wildman–Crippen LogP) is 1.04. The van der Waals surface area contributed by atoms with E-state index in [1.807, 2.05) is 6.07 Å². The lowest BCUT2D eigenvalue weighted by atomic mass is 10.2. The summed E-state index contributed by atoms with van der Waals surface area (Å²) in [6.45, 7) is 0.585. The molecule has 0 aromatic carbocycles. The smallest absolute Gasteiger partial charge is 0.407 e. The SMILES string of the molecule is N#CCC1CCCN1C(=O)O. The second kappa shape index (κ2) is 3.24. The van der Waals surface area contributed by atoms with Gasteiger partial charge in [-0.05, 0) is 12.8 Å². The Bertz CT molecular complexity index is 197. The molecule has 4 nitrogen and oxygen atoms in total. The molecule has 0 aliphatic carbocycles. The van der Waals surface area contributed by atoms with Crippen molar-refractivity contribution in [3.63, 3.8) is 0 Å². The Morgan fingerprint density at radius 1 is 1.82 bits per heavy atom. The van der Waals surface area contributed by atoms with Crippen LogP contribution >= 0.6 is 0 Å². The lowest BCUT2D eigenvalue weighted by Crippen LogP contribution is -2.33. The molecule has 11 heavy (non-hydrogen) atoms. The summed E-state index contributed by atoms with van der Waals surface area (Å²) in [7, 11) is 0. The Kier molecular flexibility index (Phi) is 2.32. The van der Waals surface area contributed by atoms with Crippen molar-refractivity contribution in [3.8, 4) is 6.07 Å². The molecule has 1 heterocycles. The first-order chi connectivity index (χ1) is 5.25. The summed E-state index contributed by atoms with van der Waals surface area (Å²) in [5, 5.41) is 17.0. The summed E-state index contributed by atoms with van der Waals surface area (Å²) in [5.41, 5.74) is 0. The Hall–Kier alpha value is -1.24. The van der Waals surface area contributed by atoms with Crippen molar-refractivity contribution < 1.29 is 9.90 Å². The topological polar surface area (TPSA) is 64.3 Å². The molecule has 1 fully saturated rings. The minimum atomic E-state index is -0.900. The van der Waals surface area contributed by atoms with Crippen molar-refractivity contribution >= 4 is 6.09 Å². The molecule has 1 rings (SSSR count). The standard InChI is InChI=1S/C7H10N2O2/c8-4-3-6-2-1-5-9(6)7(10)11/h6H,1-3,5H2,(H,10,11). The fraction of sp³-hybridized carbons (Fsp3) is 0.714. The number of nitriles is 1. The molecule has 60 valence electrons. The van der Waals surface area contributed by atoms with Crippen LogP contribution in [0.1, 0.15) is 19.3 Å². The van der Waals surface area contributed by atoms with Gasteiger partial charge < -0.3 is 10.0 Å². The van der Waals surface area contributed by atoms with E-state index >= 15 is 0 Å². The fourth-order valence-electron chi connectivity index (χ4n) is 1.41. The van der Waals surface area contributed by atoms with Crippen LogP contribution in [0.4, 0.5) is 4.79 Å². The van der Waals surface area contributed by atoms with E-state index in [4.69, 9.17) is 10.4 Å². The minimum Gasteiger partial charge on any atom is -0.465 e. The molecule has 1 aliphatic heterocycles. The highest BCUT2D eigenvalue weighted by molar-refractivity contribution is 5.65. The monoisotopic (exact) mass is 154 g/mol. The van der Waals surface area contributed by atoms with Crippen LogP contribution in [0, 0.1) is 11.3 Å². The fourth-order valence-corrected chi connectivity index (χ4v) is 1.41. The zero-order valence-electron chi connectivity index (χ0n) is 6.16. The molecular formula is C7H10N2O2. The van der Waals surface area contributed by atoms with E-state index in [0.29, 0.717) is 13.0 Å². The molecule has 0 aromatic rings. The van der Waals surface area contributed by atoms with E-state index in [1.165, 1.54) is 4.90 Å². The van der Waals surface area contributed by atoms with E-state index in [1.54, 1.807) is 0 Å². The Morgan fingerprint density at radius 3 is 3.09 bits per heavy atom. The summed E-state index contributed by atoms with van der Waals surface area (Å²) in [4.78, 5) is 11.9. The van der Waals surface area contributed by atoms with Gasteiger partial charge in [0.05, 0.1) is 12.5 Å². The minimum absolute atomic E-state index is 0.0579. The van der Waals surface area contributed by atoms with Crippen molar-refractivity contribution in [1.29, 1.82) is 5.26 Å². The van der Waals surface area contributed by atoms with Gasteiger partial charge in [0.1, 0.15) is 0 Å². The first kappa shape index (κ1) is 7.86. The highest BCUT2D eigenvalue weighted by Gasteiger charge is 2.27. The average molecular weight is 154 g/mol. The lowest BCUT2D eigenvalue weighted by molar-refractivity contribution is 0.141. The second-order valence-corrected chi connectivity index (χ2v) is 2.63. The van der Waals surface area contributed by atoms with Crippen LogP contribution in [0.2, 0.25) is 0 Å². The number of amides is 1. The van der Waals surface area contributed by atoms with Gasteiger partial charge in [0.15, 0.2) is 0 Å². The Balaban J connectivity index is 2.52. The molecule has 4 heteroatoms. The van der Waals surface area contributed by atoms with Crippen LogP contribution in [0.25, 0.3) is 0 Å². The summed E-state index contributed by atoms with van der Waals surface area (Å²) >= 11 is 0. The first-order valence-corrected chi connectivity index (χ1v) is 3.62. The average Bonchev–Trinajstić information content (AvgIpc) is 2.36. The van der Waals surface area contributed by atoms with Gasteiger partial charge in [0, 0.05) is 12.6 Å². The number of hydrogen-bond donors (Lipinski definition) is 1. The van der Waals surface area contributed by atoms with Gasteiger partial charge in [0.25, 0.3) is 0 Å². The van der Waals surface area contributed by atoms with Crippen LogP contribution in [0.15, 0.2) is 0 Å². The van der Waals surface area contributed by atoms with E-state index < -0.39 is 6.09 Å². The molecule has 1 aliphatic rings. The normalized spacial score (nSPS) is 23.2. The highest BCUT2D eigenvalue weighted by Crippen LogP contribution is 2.19. The molecule has 1 saturated heterocycles. The number of likely N-dealkylation sites (tertiary alicyclic amines) is 1. The van der Waals surface area contributed by atoms with Gasteiger partial charge in [-0.1, -0.05) is 0 Å². The van der Waals surface area contributed by atoms with Gasteiger partial charge in [0.2, 0.25) is 0 Å². The maximum absolute atomic E-state index is 10.5. The van der Waals surface area contributed by atoms with E-state index in [2.05, 4.69) is 0 Å². The van der Waals surface area contributed by atoms with Gasteiger partial charge in [-0.25, -0.2) is 4.79 Å². The number of hydrogen-bond acceptors (Lipinski definition) is 2. The third kappa shape index (κ3) is 1.61. The molecule has 1 amide bonds. The number of carbonyl (C=O) groups is 1. The van der Waals surface area contributed by atoms with Crippen molar-refractivity contribution in [1.82, 2.24) is 4.90 Å². The van der Waals surface area contributed by atoms with Crippen LogP contribution in [0.5, 0.6) is 0 Å². The van der Waals surface area contributed by atoms with Gasteiger partial charge >= 0.3 is 6.09 Å². The number of carboxylic acid groups (broad SMARTS) is 1. The summed E-state index contributed by atoms with van der Waals surface area (Å²) < 4.78 is 0. The molecule has 0 spiro atoms. The largest absolute Gasteiger partial charge is 0.465 e. The van der Waals surface area contributed by atoms with Crippen LogP contribution in [-0.2, 0) is 0 Å². The molecule has 0 radical (unpaired) electrons. The van der Waals surface area contributed by atoms with E-state index in [-0.39, 0.29) is 6.04 Å². The van der Waals surface area contributed by atoms with Crippen LogP contribution in [-0.4, -0.2) is 28.7 Å². The summed E-state index contributed by atoms with van der Waals surface area (Å²) in [6.07, 6.45) is 1.15. The maximum atomic E-state index is 10.5. The van der Waals surface area contributed by atoms with Crippen molar-refractivity contribution in [3.05, 3.63) is 0 Å². The van der Waals surface area contributed by atoms with Gasteiger partial charge in [-0.3, -0.25) is 0 Å². The lowest BCUT2D eigenvalue weighted by Gasteiger charge is -2.18. The van der Waals surface area contributed by atoms with Gasteiger partial charge in [-0.15, -0.1) is 0 Å². The van der Waals surface area contributed by atoms with Crippen LogP contribution in [0.3, 0.4) is 0 Å². The van der Waals surface area contributed by atoms with Crippen molar-refractivity contribution in [2.24, 2.45) is 0 Å². The second-order valence-electron chi connectivity index (χ2n) is 2.63. The number of rotatable bonds is 1. The summed E-state index contributed by atoms with van der Waals surface area (Å²) in [6, 6.07) is 1.93. The quantitative estimate of drug-likeness (QED) is 0.613. The zero-order valence-corrected chi connectivity index (χ0v) is 6.16. The molecular weight excluding hydrogens is 144 g/mol. The van der Waals surface area contributed by atoms with E-state index in [9.17, 15) is 4.79 Å². The molecule has 1 N–H and O–H groups in total.